The summed E-state index contributed by atoms with van der Waals surface area (Å²) in [5, 5.41) is 6.24. The summed E-state index contributed by atoms with van der Waals surface area (Å²) in [7, 11) is 1.62. The van der Waals surface area contributed by atoms with Gasteiger partial charge in [0.05, 0.1) is 0 Å². The number of hydrogen-bond acceptors (Lipinski definition) is 2. The molecule has 2 rings (SSSR count). The van der Waals surface area contributed by atoms with E-state index in [2.05, 4.69) is 20.4 Å². The third-order valence-corrected chi connectivity index (χ3v) is 3.89. The molecule has 4 nitrogen and oxygen atoms in total. The van der Waals surface area contributed by atoms with Crippen molar-refractivity contribution in [2.75, 3.05) is 7.05 Å². The van der Waals surface area contributed by atoms with Gasteiger partial charge in [-0.15, -0.1) is 0 Å². The molecule has 23 heavy (non-hydrogen) atoms. The summed E-state index contributed by atoms with van der Waals surface area (Å²) < 4.78 is 43.1. The lowest BCUT2D eigenvalue weighted by molar-refractivity contribution is -0.0506. The lowest BCUT2D eigenvalue weighted by atomic mass is 9.96. The van der Waals surface area contributed by atoms with Crippen LogP contribution in [0.4, 0.5) is 13.2 Å². The Bertz CT molecular complexity index is 531. The first-order valence-corrected chi connectivity index (χ1v) is 7.79. The second kappa shape index (κ2) is 8.64. The first kappa shape index (κ1) is 17.4. The van der Waals surface area contributed by atoms with Gasteiger partial charge in [0.2, 0.25) is 0 Å². The van der Waals surface area contributed by atoms with Crippen LogP contribution in [0.25, 0.3) is 0 Å². The van der Waals surface area contributed by atoms with Crippen molar-refractivity contribution >= 4 is 5.96 Å². The lowest BCUT2D eigenvalue weighted by Gasteiger charge is -2.25. The minimum absolute atomic E-state index is 0.0150. The molecule has 0 aromatic heterocycles. The van der Waals surface area contributed by atoms with Crippen molar-refractivity contribution in [3.05, 3.63) is 29.6 Å². The lowest BCUT2D eigenvalue weighted by Crippen LogP contribution is -2.44. The topological polar surface area (TPSA) is 45.7 Å². The van der Waals surface area contributed by atoms with Gasteiger partial charge in [0.1, 0.15) is 11.6 Å². The number of alkyl halides is 2. The predicted octanol–water partition coefficient (Wildman–Crippen LogP) is 3.42. The highest BCUT2D eigenvalue weighted by Gasteiger charge is 2.16. The Balaban J connectivity index is 1.98. The number of nitrogens with one attached hydrogen (secondary N) is 2. The van der Waals surface area contributed by atoms with E-state index in [4.69, 9.17) is 0 Å². The van der Waals surface area contributed by atoms with Crippen LogP contribution in [-0.4, -0.2) is 25.7 Å². The van der Waals surface area contributed by atoms with Crippen molar-refractivity contribution < 1.29 is 17.9 Å². The van der Waals surface area contributed by atoms with Crippen LogP contribution < -0.4 is 15.4 Å². The van der Waals surface area contributed by atoms with Gasteiger partial charge in [-0.1, -0.05) is 25.3 Å². The first-order chi connectivity index (χ1) is 11.1. The van der Waals surface area contributed by atoms with Crippen LogP contribution in [0, 0.1) is 5.82 Å². The Kier molecular flexibility index (Phi) is 6.55. The highest BCUT2D eigenvalue weighted by Crippen LogP contribution is 2.23. The molecule has 0 heterocycles. The fourth-order valence-corrected chi connectivity index (χ4v) is 2.72. The van der Waals surface area contributed by atoms with Crippen molar-refractivity contribution in [1.82, 2.24) is 10.6 Å². The maximum absolute atomic E-state index is 13.9. The zero-order chi connectivity index (χ0) is 16.7. The van der Waals surface area contributed by atoms with E-state index >= 15 is 0 Å². The molecule has 0 atom stereocenters. The summed E-state index contributed by atoms with van der Waals surface area (Å²) in [4.78, 5) is 4.10. The van der Waals surface area contributed by atoms with Crippen LogP contribution in [0.5, 0.6) is 5.75 Å². The summed E-state index contributed by atoms with van der Waals surface area (Å²) in [6.45, 7) is -2.98. The molecular formula is C16H22F3N3O. The van der Waals surface area contributed by atoms with Gasteiger partial charge in [0, 0.05) is 25.2 Å². The van der Waals surface area contributed by atoms with Gasteiger partial charge in [-0.05, 0) is 25.0 Å². The van der Waals surface area contributed by atoms with E-state index in [1.807, 2.05) is 0 Å². The Morgan fingerprint density at radius 1 is 1.30 bits per heavy atom. The van der Waals surface area contributed by atoms with Gasteiger partial charge >= 0.3 is 6.61 Å². The number of aliphatic imine (C=N–C) groups is 1. The van der Waals surface area contributed by atoms with Gasteiger partial charge in [-0.2, -0.15) is 8.78 Å². The largest absolute Gasteiger partial charge is 0.434 e. The molecule has 1 fully saturated rings. The summed E-state index contributed by atoms with van der Waals surface area (Å²) in [6.07, 6.45) is 5.73. The van der Waals surface area contributed by atoms with Gasteiger partial charge in [-0.3, -0.25) is 4.99 Å². The number of rotatable bonds is 5. The number of ether oxygens (including phenoxy) is 1. The summed E-state index contributed by atoms with van der Waals surface area (Å²) in [5.41, 5.74) is 0.0550. The van der Waals surface area contributed by atoms with Gasteiger partial charge in [0.25, 0.3) is 0 Å². The van der Waals surface area contributed by atoms with E-state index in [0.717, 1.165) is 12.8 Å². The summed E-state index contributed by atoms with van der Waals surface area (Å²) >= 11 is 0. The van der Waals surface area contributed by atoms with Crippen LogP contribution in [0.15, 0.2) is 23.2 Å². The number of benzene rings is 1. The van der Waals surface area contributed by atoms with E-state index in [1.165, 1.54) is 37.5 Å². The van der Waals surface area contributed by atoms with Crippen molar-refractivity contribution in [2.45, 2.75) is 51.3 Å². The van der Waals surface area contributed by atoms with E-state index in [1.54, 1.807) is 7.05 Å². The molecular weight excluding hydrogens is 307 g/mol. The van der Waals surface area contributed by atoms with Gasteiger partial charge < -0.3 is 15.4 Å². The monoisotopic (exact) mass is 329 g/mol. The molecule has 1 saturated carbocycles. The highest BCUT2D eigenvalue weighted by molar-refractivity contribution is 5.80. The molecule has 1 aromatic carbocycles. The van der Waals surface area contributed by atoms with E-state index < -0.39 is 12.4 Å². The van der Waals surface area contributed by atoms with Crippen LogP contribution in [0.1, 0.15) is 37.7 Å². The van der Waals surface area contributed by atoms with Gasteiger partial charge in [-0.25, -0.2) is 4.39 Å². The average molecular weight is 329 g/mol. The molecule has 0 spiro atoms. The molecule has 0 saturated heterocycles. The Morgan fingerprint density at radius 3 is 2.70 bits per heavy atom. The zero-order valence-electron chi connectivity index (χ0n) is 13.1. The summed E-state index contributed by atoms with van der Waals surface area (Å²) in [6, 6.07) is 4.22. The van der Waals surface area contributed by atoms with Crippen molar-refractivity contribution in [1.29, 1.82) is 0 Å². The number of nitrogens with zero attached hydrogens (tertiary/aromatic N) is 1. The number of hydrogen-bond donors (Lipinski definition) is 2. The SMILES string of the molecule is CN=C(NCc1c(F)cccc1OC(F)F)NC1CCCCC1. The fourth-order valence-electron chi connectivity index (χ4n) is 2.72. The second-order valence-electron chi connectivity index (χ2n) is 5.50. The van der Waals surface area contributed by atoms with Gasteiger partial charge in [0.15, 0.2) is 5.96 Å². The van der Waals surface area contributed by atoms with Crippen molar-refractivity contribution in [3.63, 3.8) is 0 Å². The quantitative estimate of drug-likeness (QED) is 0.643. The molecule has 128 valence electrons. The minimum atomic E-state index is -2.99. The second-order valence-corrected chi connectivity index (χ2v) is 5.50. The average Bonchev–Trinajstić information content (AvgIpc) is 2.53. The van der Waals surface area contributed by atoms with Crippen molar-refractivity contribution in [2.24, 2.45) is 4.99 Å². The molecule has 1 aromatic rings. The molecule has 0 amide bonds. The number of guanidine groups is 1. The Morgan fingerprint density at radius 2 is 2.04 bits per heavy atom. The minimum Gasteiger partial charge on any atom is -0.434 e. The normalized spacial score (nSPS) is 16.5. The molecule has 7 heteroatoms. The predicted molar refractivity (Wildman–Crippen MR) is 83.2 cm³/mol. The maximum Gasteiger partial charge on any atom is 0.387 e. The molecule has 0 unspecified atom stereocenters. The van der Waals surface area contributed by atoms with E-state index in [9.17, 15) is 13.2 Å². The molecule has 0 bridgehead atoms. The fraction of sp³-hybridized carbons (Fsp3) is 0.562. The molecule has 1 aliphatic rings. The smallest absolute Gasteiger partial charge is 0.387 e. The molecule has 2 N–H and O–H groups in total. The van der Waals surface area contributed by atoms with Crippen LogP contribution in [-0.2, 0) is 6.54 Å². The maximum atomic E-state index is 13.9. The molecule has 0 aliphatic heterocycles. The zero-order valence-corrected chi connectivity index (χ0v) is 13.1. The molecule has 0 radical (unpaired) electrons. The van der Waals surface area contributed by atoms with E-state index in [-0.39, 0.29) is 17.9 Å². The highest BCUT2D eigenvalue weighted by atomic mass is 19.3. The Hall–Kier alpha value is -1.92. The standard InChI is InChI=1S/C16H22F3N3O/c1-20-16(22-11-6-3-2-4-7-11)21-10-12-13(17)8-5-9-14(12)23-15(18)19/h5,8-9,11,15H,2-4,6-7,10H2,1H3,(H2,20,21,22). The first-order valence-electron chi connectivity index (χ1n) is 7.79. The van der Waals surface area contributed by atoms with Crippen LogP contribution in [0.2, 0.25) is 0 Å². The van der Waals surface area contributed by atoms with Crippen LogP contribution in [0.3, 0.4) is 0 Å². The third-order valence-electron chi connectivity index (χ3n) is 3.89. The summed E-state index contributed by atoms with van der Waals surface area (Å²) in [5.74, 6) is -0.229. The molecule has 1 aliphatic carbocycles. The Labute approximate surface area is 134 Å². The number of halogens is 3. The van der Waals surface area contributed by atoms with Crippen molar-refractivity contribution in [3.8, 4) is 5.75 Å². The van der Waals surface area contributed by atoms with E-state index in [0.29, 0.717) is 12.0 Å². The van der Waals surface area contributed by atoms with Crippen LogP contribution >= 0.6 is 0 Å². The third kappa shape index (κ3) is 5.33.